The van der Waals surface area contributed by atoms with Crippen molar-refractivity contribution in [3.8, 4) is 0 Å². The Morgan fingerprint density at radius 3 is 2.79 bits per heavy atom. The van der Waals surface area contributed by atoms with Gasteiger partial charge in [0.1, 0.15) is 0 Å². The molecule has 0 aliphatic rings. The highest BCUT2D eigenvalue weighted by molar-refractivity contribution is 5.79. The lowest BCUT2D eigenvalue weighted by atomic mass is 10.1. The molecule has 1 rings (SSSR count). The number of aliphatic imine (C=N–C) groups is 1. The van der Waals surface area contributed by atoms with E-state index in [-0.39, 0.29) is 0 Å². The average Bonchev–Trinajstić information content (AvgIpc) is 2.80. The number of hydrogen-bond acceptors (Lipinski definition) is 4. The van der Waals surface area contributed by atoms with E-state index in [1.165, 1.54) is 19.3 Å². The topological polar surface area (TPSA) is 75.3 Å². The molecule has 0 aliphatic carbocycles. The molecule has 0 radical (unpaired) electrons. The van der Waals surface area contributed by atoms with Gasteiger partial charge >= 0.3 is 0 Å². The number of guanidine groups is 1. The van der Waals surface area contributed by atoms with E-state index in [9.17, 15) is 0 Å². The van der Waals surface area contributed by atoms with Crippen molar-refractivity contribution in [1.82, 2.24) is 20.8 Å². The Morgan fingerprint density at radius 2 is 2.21 bits per heavy atom. The van der Waals surface area contributed by atoms with Crippen LogP contribution in [0.4, 0.5) is 0 Å². The van der Waals surface area contributed by atoms with Crippen LogP contribution in [0.1, 0.15) is 51.2 Å². The van der Waals surface area contributed by atoms with Gasteiger partial charge in [0.15, 0.2) is 11.8 Å². The van der Waals surface area contributed by atoms with Crippen LogP contribution < -0.4 is 10.6 Å². The van der Waals surface area contributed by atoms with Crippen molar-refractivity contribution in [3.05, 3.63) is 11.7 Å². The van der Waals surface area contributed by atoms with Gasteiger partial charge in [0.25, 0.3) is 0 Å². The molecule has 19 heavy (non-hydrogen) atoms. The maximum atomic E-state index is 5.04. The summed E-state index contributed by atoms with van der Waals surface area (Å²) in [5, 5.41) is 10.3. The molecule has 1 atom stereocenters. The van der Waals surface area contributed by atoms with Gasteiger partial charge < -0.3 is 15.2 Å². The lowest BCUT2D eigenvalue weighted by Crippen LogP contribution is -2.41. The second kappa shape index (κ2) is 8.50. The number of aryl methyl sites for hydroxylation is 1. The first-order valence-electron chi connectivity index (χ1n) is 6.92. The van der Waals surface area contributed by atoms with Crippen LogP contribution in [0, 0.1) is 6.92 Å². The van der Waals surface area contributed by atoms with E-state index in [2.05, 4.69) is 39.6 Å². The third-order valence-electron chi connectivity index (χ3n) is 2.82. The molecular formula is C13H25N5O. The largest absolute Gasteiger partial charge is 0.354 e. The van der Waals surface area contributed by atoms with Crippen molar-refractivity contribution in [1.29, 1.82) is 0 Å². The van der Waals surface area contributed by atoms with E-state index in [1.807, 2.05) is 0 Å². The van der Waals surface area contributed by atoms with Crippen LogP contribution >= 0.6 is 0 Å². The predicted molar refractivity (Wildman–Crippen MR) is 76.0 cm³/mol. The fraction of sp³-hybridized carbons (Fsp3) is 0.769. The van der Waals surface area contributed by atoms with Crippen LogP contribution in [0.25, 0.3) is 0 Å². The van der Waals surface area contributed by atoms with Gasteiger partial charge in [-0.1, -0.05) is 31.3 Å². The fourth-order valence-electron chi connectivity index (χ4n) is 1.77. The molecule has 0 spiro atoms. The summed E-state index contributed by atoms with van der Waals surface area (Å²) in [4.78, 5) is 8.32. The molecule has 108 valence electrons. The highest BCUT2D eigenvalue weighted by Crippen LogP contribution is 2.02. The summed E-state index contributed by atoms with van der Waals surface area (Å²) in [6.07, 6.45) is 4.91. The molecule has 0 saturated carbocycles. The monoisotopic (exact) mass is 267 g/mol. The van der Waals surface area contributed by atoms with Gasteiger partial charge in [0, 0.05) is 13.1 Å². The van der Waals surface area contributed by atoms with Crippen LogP contribution in [-0.4, -0.2) is 29.2 Å². The summed E-state index contributed by atoms with van der Waals surface area (Å²) in [5.41, 5.74) is 0. The van der Waals surface area contributed by atoms with E-state index in [1.54, 1.807) is 14.0 Å². The Morgan fingerprint density at radius 1 is 1.42 bits per heavy atom. The molecule has 0 amide bonds. The summed E-state index contributed by atoms with van der Waals surface area (Å²) in [6.45, 7) is 6.67. The maximum absolute atomic E-state index is 5.04. The number of hydrogen-bond donors (Lipinski definition) is 2. The summed E-state index contributed by atoms with van der Waals surface area (Å²) in [7, 11) is 1.76. The van der Waals surface area contributed by atoms with Crippen molar-refractivity contribution in [3.63, 3.8) is 0 Å². The van der Waals surface area contributed by atoms with Crippen molar-refractivity contribution >= 4 is 5.96 Å². The number of unbranched alkanes of at least 4 members (excludes halogenated alkanes) is 2. The zero-order valence-electron chi connectivity index (χ0n) is 12.4. The Kier molecular flexibility index (Phi) is 6.92. The van der Waals surface area contributed by atoms with Gasteiger partial charge in [-0.15, -0.1) is 0 Å². The van der Waals surface area contributed by atoms with Crippen LogP contribution in [0.2, 0.25) is 0 Å². The lowest BCUT2D eigenvalue weighted by Gasteiger charge is -2.17. The molecule has 0 bridgehead atoms. The van der Waals surface area contributed by atoms with Crippen molar-refractivity contribution in [2.24, 2.45) is 4.99 Å². The second-order valence-electron chi connectivity index (χ2n) is 4.70. The molecule has 0 fully saturated rings. The summed E-state index contributed by atoms with van der Waals surface area (Å²) in [5.74, 6) is 1.98. The highest BCUT2D eigenvalue weighted by Gasteiger charge is 2.07. The molecule has 0 saturated heterocycles. The van der Waals surface area contributed by atoms with Gasteiger partial charge in [0.2, 0.25) is 5.89 Å². The van der Waals surface area contributed by atoms with Crippen molar-refractivity contribution < 1.29 is 4.52 Å². The Bertz CT molecular complexity index is 388. The fourth-order valence-corrected chi connectivity index (χ4v) is 1.77. The molecule has 0 aromatic carbocycles. The van der Waals surface area contributed by atoms with Gasteiger partial charge in [-0.25, -0.2) is 0 Å². The average molecular weight is 267 g/mol. The predicted octanol–water partition coefficient (Wildman–Crippen LogP) is 2.01. The van der Waals surface area contributed by atoms with Crippen molar-refractivity contribution in [2.75, 3.05) is 7.05 Å². The van der Waals surface area contributed by atoms with E-state index >= 15 is 0 Å². The van der Waals surface area contributed by atoms with Crippen LogP contribution in [0.3, 0.4) is 0 Å². The Labute approximate surface area is 115 Å². The SMILES string of the molecule is CCCCCC(C)NC(=NC)NCc1nc(C)no1. The van der Waals surface area contributed by atoms with E-state index < -0.39 is 0 Å². The summed E-state index contributed by atoms with van der Waals surface area (Å²) >= 11 is 0. The quantitative estimate of drug-likeness (QED) is 0.449. The van der Waals surface area contributed by atoms with Gasteiger partial charge in [-0.05, 0) is 20.3 Å². The lowest BCUT2D eigenvalue weighted by molar-refractivity contribution is 0.371. The highest BCUT2D eigenvalue weighted by atomic mass is 16.5. The Balaban J connectivity index is 2.29. The number of nitrogens with zero attached hydrogens (tertiary/aromatic N) is 3. The van der Waals surface area contributed by atoms with Crippen LogP contribution in [-0.2, 0) is 6.54 Å². The van der Waals surface area contributed by atoms with Gasteiger partial charge in [-0.3, -0.25) is 4.99 Å². The molecule has 2 N–H and O–H groups in total. The number of rotatable bonds is 7. The summed E-state index contributed by atoms with van der Waals surface area (Å²) < 4.78 is 5.04. The minimum atomic E-state index is 0.405. The summed E-state index contributed by atoms with van der Waals surface area (Å²) in [6, 6.07) is 0.405. The van der Waals surface area contributed by atoms with Crippen molar-refractivity contribution in [2.45, 2.75) is 59.0 Å². The molecule has 0 aliphatic heterocycles. The molecular weight excluding hydrogens is 242 g/mol. The zero-order valence-corrected chi connectivity index (χ0v) is 12.4. The first kappa shape index (κ1) is 15.5. The Hall–Kier alpha value is -1.59. The minimum Gasteiger partial charge on any atom is -0.354 e. The second-order valence-corrected chi connectivity index (χ2v) is 4.70. The van der Waals surface area contributed by atoms with Crippen LogP contribution in [0.15, 0.2) is 9.52 Å². The van der Waals surface area contributed by atoms with Gasteiger partial charge in [0.05, 0.1) is 6.54 Å². The smallest absolute Gasteiger partial charge is 0.246 e. The molecule has 1 aromatic rings. The molecule has 6 nitrogen and oxygen atoms in total. The van der Waals surface area contributed by atoms with Crippen LogP contribution in [0.5, 0.6) is 0 Å². The standard InChI is InChI=1S/C13H25N5O/c1-5-6-7-8-10(2)16-13(14-4)15-9-12-17-11(3)18-19-12/h10H,5-9H2,1-4H3,(H2,14,15,16). The minimum absolute atomic E-state index is 0.405. The molecule has 1 heterocycles. The zero-order chi connectivity index (χ0) is 14.1. The van der Waals surface area contributed by atoms with E-state index in [4.69, 9.17) is 4.52 Å². The van der Waals surface area contributed by atoms with Gasteiger partial charge in [-0.2, -0.15) is 4.98 Å². The number of nitrogens with one attached hydrogen (secondary N) is 2. The van der Waals surface area contributed by atoms with E-state index in [0.717, 1.165) is 12.4 Å². The normalized spacial score (nSPS) is 13.4. The number of aromatic nitrogens is 2. The van der Waals surface area contributed by atoms with E-state index in [0.29, 0.717) is 24.3 Å². The maximum Gasteiger partial charge on any atom is 0.246 e. The molecule has 1 aromatic heterocycles. The first-order chi connectivity index (χ1) is 9.15. The third kappa shape index (κ3) is 6.22. The third-order valence-corrected chi connectivity index (χ3v) is 2.82. The molecule has 6 heteroatoms. The molecule has 1 unspecified atom stereocenters. The first-order valence-corrected chi connectivity index (χ1v) is 6.92.